The molecule has 0 bridgehead atoms. The van der Waals surface area contributed by atoms with Gasteiger partial charge in [0.2, 0.25) is 5.91 Å². The minimum absolute atomic E-state index is 0.00409. The SMILES string of the molecule is CN(CC(=O)O)CC1CN(C(=O)CC2CCCCCC2)CCO1. The van der Waals surface area contributed by atoms with Crippen LogP contribution in [0.5, 0.6) is 0 Å². The van der Waals surface area contributed by atoms with Crippen molar-refractivity contribution in [1.82, 2.24) is 9.80 Å². The topological polar surface area (TPSA) is 70.1 Å². The third-order valence-electron chi connectivity index (χ3n) is 4.85. The van der Waals surface area contributed by atoms with Gasteiger partial charge in [0.25, 0.3) is 0 Å². The number of carbonyl (C=O) groups excluding carboxylic acids is 1. The van der Waals surface area contributed by atoms with Gasteiger partial charge in [-0.25, -0.2) is 0 Å². The summed E-state index contributed by atoms with van der Waals surface area (Å²) < 4.78 is 5.69. The van der Waals surface area contributed by atoms with Gasteiger partial charge in [-0.05, 0) is 25.8 Å². The normalized spacial score (nSPS) is 23.7. The van der Waals surface area contributed by atoms with E-state index in [0.29, 0.717) is 38.6 Å². The van der Waals surface area contributed by atoms with E-state index in [4.69, 9.17) is 9.84 Å². The van der Waals surface area contributed by atoms with Crippen molar-refractivity contribution >= 4 is 11.9 Å². The van der Waals surface area contributed by atoms with Crippen molar-refractivity contribution in [3.05, 3.63) is 0 Å². The van der Waals surface area contributed by atoms with E-state index in [2.05, 4.69) is 0 Å². The highest BCUT2D eigenvalue weighted by molar-refractivity contribution is 5.76. The quantitative estimate of drug-likeness (QED) is 0.751. The van der Waals surface area contributed by atoms with Crippen LogP contribution in [-0.4, -0.2) is 72.7 Å². The second-order valence-electron chi connectivity index (χ2n) is 6.98. The van der Waals surface area contributed by atoms with Crippen LogP contribution in [0.1, 0.15) is 44.9 Å². The molecule has 0 radical (unpaired) electrons. The van der Waals surface area contributed by atoms with Crippen LogP contribution < -0.4 is 0 Å². The monoisotopic (exact) mass is 326 g/mol. The fourth-order valence-electron chi connectivity index (χ4n) is 3.64. The summed E-state index contributed by atoms with van der Waals surface area (Å²) in [7, 11) is 1.77. The molecule has 23 heavy (non-hydrogen) atoms. The standard InChI is InChI=1S/C17H30N2O4/c1-18(13-17(21)22)11-15-12-19(8-9-23-15)16(20)10-14-6-4-2-3-5-7-14/h14-15H,2-13H2,1H3,(H,21,22). The minimum Gasteiger partial charge on any atom is -0.480 e. The first kappa shape index (κ1) is 18.2. The van der Waals surface area contributed by atoms with Crippen molar-refractivity contribution in [2.75, 3.05) is 39.8 Å². The highest BCUT2D eigenvalue weighted by atomic mass is 16.5. The van der Waals surface area contributed by atoms with Gasteiger partial charge in [-0.1, -0.05) is 25.7 Å². The van der Waals surface area contributed by atoms with E-state index in [1.165, 1.54) is 38.5 Å². The van der Waals surface area contributed by atoms with E-state index in [9.17, 15) is 9.59 Å². The number of morpholine rings is 1. The first-order chi connectivity index (χ1) is 11.0. The third kappa shape index (κ3) is 6.47. The molecule has 132 valence electrons. The molecular weight excluding hydrogens is 296 g/mol. The summed E-state index contributed by atoms with van der Waals surface area (Å²) in [6, 6.07) is 0. The summed E-state index contributed by atoms with van der Waals surface area (Å²) in [6.45, 7) is 2.32. The van der Waals surface area contributed by atoms with Crippen LogP contribution in [0.4, 0.5) is 0 Å². The Morgan fingerprint density at radius 1 is 1.22 bits per heavy atom. The fraction of sp³-hybridized carbons (Fsp3) is 0.882. The van der Waals surface area contributed by atoms with Gasteiger partial charge in [0.05, 0.1) is 19.3 Å². The van der Waals surface area contributed by atoms with Crippen molar-refractivity contribution in [2.24, 2.45) is 5.92 Å². The lowest BCUT2D eigenvalue weighted by atomic mass is 9.96. The molecular formula is C17H30N2O4. The summed E-state index contributed by atoms with van der Waals surface area (Å²) >= 11 is 0. The van der Waals surface area contributed by atoms with E-state index in [1.54, 1.807) is 11.9 Å². The lowest BCUT2D eigenvalue weighted by Gasteiger charge is -2.35. The number of nitrogens with zero attached hydrogens (tertiary/aromatic N) is 2. The summed E-state index contributed by atoms with van der Waals surface area (Å²) in [5.74, 6) is -0.0586. The molecule has 0 aromatic heterocycles. The Balaban J connectivity index is 1.77. The zero-order valence-electron chi connectivity index (χ0n) is 14.2. The molecule has 1 atom stereocenters. The van der Waals surface area contributed by atoms with E-state index in [1.807, 2.05) is 4.90 Å². The average Bonchev–Trinajstić information content (AvgIpc) is 2.75. The van der Waals surface area contributed by atoms with Crippen LogP contribution >= 0.6 is 0 Å². The second-order valence-corrected chi connectivity index (χ2v) is 6.98. The summed E-state index contributed by atoms with van der Waals surface area (Å²) in [5, 5.41) is 8.81. The van der Waals surface area contributed by atoms with Crippen molar-refractivity contribution in [3.63, 3.8) is 0 Å². The van der Waals surface area contributed by atoms with E-state index >= 15 is 0 Å². The Labute approximate surface area is 138 Å². The molecule has 2 aliphatic rings. The van der Waals surface area contributed by atoms with Gasteiger partial charge in [-0.2, -0.15) is 0 Å². The number of hydrogen-bond donors (Lipinski definition) is 1. The number of carboxylic acid groups (broad SMARTS) is 1. The molecule has 0 aromatic rings. The zero-order valence-corrected chi connectivity index (χ0v) is 14.2. The number of carbonyl (C=O) groups is 2. The number of aliphatic carboxylic acids is 1. The van der Waals surface area contributed by atoms with E-state index in [-0.39, 0.29) is 18.6 Å². The maximum atomic E-state index is 12.6. The van der Waals surface area contributed by atoms with Gasteiger partial charge in [-0.3, -0.25) is 14.5 Å². The molecule has 1 N–H and O–H groups in total. The Bertz CT molecular complexity index is 394. The van der Waals surface area contributed by atoms with Crippen molar-refractivity contribution in [1.29, 1.82) is 0 Å². The minimum atomic E-state index is -0.843. The van der Waals surface area contributed by atoms with Crippen molar-refractivity contribution in [2.45, 2.75) is 51.0 Å². The van der Waals surface area contributed by atoms with Gasteiger partial charge in [0.1, 0.15) is 0 Å². The van der Waals surface area contributed by atoms with Gasteiger partial charge in [0.15, 0.2) is 0 Å². The van der Waals surface area contributed by atoms with Gasteiger partial charge in [-0.15, -0.1) is 0 Å². The van der Waals surface area contributed by atoms with Gasteiger partial charge < -0.3 is 14.7 Å². The number of rotatable bonds is 6. The smallest absolute Gasteiger partial charge is 0.317 e. The molecule has 1 unspecified atom stereocenters. The average molecular weight is 326 g/mol. The lowest BCUT2D eigenvalue weighted by molar-refractivity contribution is -0.143. The van der Waals surface area contributed by atoms with Crippen LogP contribution in [0.15, 0.2) is 0 Å². The maximum Gasteiger partial charge on any atom is 0.317 e. The number of ether oxygens (including phenoxy) is 1. The molecule has 2 rings (SSSR count). The highest BCUT2D eigenvalue weighted by Gasteiger charge is 2.27. The van der Waals surface area contributed by atoms with Gasteiger partial charge in [0, 0.05) is 26.1 Å². The first-order valence-corrected chi connectivity index (χ1v) is 8.84. The predicted octanol–water partition coefficient (Wildman–Crippen LogP) is 1.59. The summed E-state index contributed by atoms with van der Waals surface area (Å²) in [4.78, 5) is 26.9. The number of amides is 1. The van der Waals surface area contributed by atoms with Crippen LogP contribution in [-0.2, 0) is 14.3 Å². The van der Waals surface area contributed by atoms with Gasteiger partial charge >= 0.3 is 5.97 Å². The van der Waals surface area contributed by atoms with E-state index < -0.39 is 5.97 Å². The van der Waals surface area contributed by atoms with Crippen LogP contribution in [0.3, 0.4) is 0 Å². The molecule has 1 saturated carbocycles. The number of hydrogen-bond acceptors (Lipinski definition) is 4. The highest BCUT2D eigenvalue weighted by Crippen LogP contribution is 2.26. The molecule has 6 nitrogen and oxygen atoms in total. The fourth-order valence-corrected chi connectivity index (χ4v) is 3.64. The third-order valence-corrected chi connectivity index (χ3v) is 4.85. The lowest BCUT2D eigenvalue weighted by Crippen LogP contribution is -2.49. The number of carboxylic acids is 1. The molecule has 1 heterocycles. The molecule has 0 aromatic carbocycles. The van der Waals surface area contributed by atoms with Crippen LogP contribution in [0, 0.1) is 5.92 Å². The van der Waals surface area contributed by atoms with E-state index in [0.717, 1.165) is 0 Å². The molecule has 1 aliphatic carbocycles. The molecule has 1 amide bonds. The van der Waals surface area contributed by atoms with Crippen LogP contribution in [0.2, 0.25) is 0 Å². The molecule has 1 aliphatic heterocycles. The molecule has 6 heteroatoms. The maximum absolute atomic E-state index is 12.6. The number of likely N-dealkylation sites (N-methyl/N-ethyl adjacent to an activating group) is 1. The summed E-state index contributed by atoms with van der Waals surface area (Å²) in [6.07, 6.45) is 8.05. The Hall–Kier alpha value is -1.14. The Morgan fingerprint density at radius 2 is 1.91 bits per heavy atom. The molecule has 0 spiro atoms. The summed E-state index contributed by atoms with van der Waals surface area (Å²) in [5.41, 5.74) is 0. The Kier molecular flexibility index (Phi) is 7.30. The Morgan fingerprint density at radius 3 is 2.57 bits per heavy atom. The zero-order chi connectivity index (χ0) is 16.7. The van der Waals surface area contributed by atoms with Crippen molar-refractivity contribution in [3.8, 4) is 0 Å². The second kappa shape index (κ2) is 9.23. The predicted molar refractivity (Wildman–Crippen MR) is 87.3 cm³/mol. The largest absolute Gasteiger partial charge is 0.480 e. The molecule has 2 fully saturated rings. The van der Waals surface area contributed by atoms with Crippen LogP contribution in [0.25, 0.3) is 0 Å². The molecule has 1 saturated heterocycles. The first-order valence-electron chi connectivity index (χ1n) is 8.84. The van der Waals surface area contributed by atoms with Crippen molar-refractivity contribution < 1.29 is 19.4 Å².